The summed E-state index contributed by atoms with van der Waals surface area (Å²) in [6.07, 6.45) is 1.25. The Labute approximate surface area is 328 Å². The molecule has 0 bridgehead atoms. The van der Waals surface area contributed by atoms with E-state index in [0.717, 1.165) is 27.8 Å². The quantitative estimate of drug-likeness (QED) is 0.0373. The van der Waals surface area contributed by atoms with Gasteiger partial charge in [0.15, 0.2) is 0 Å². The van der Waals surface area contributed by atoms with Gasteiger partial charge in [0, 0.05) is 101 Å². The van der Waals surface area contributed by atoms with Crippen molar-refractivity contribution in [1.29, 1.82) is 0 Å². The van der Waals surface area contributed by atoms with Gasteiger partial charge >= 0.3 is 29.7 Å². The Morgan fingerprint density at radius 1 is 0.625 bits per heavy atom. The number of aromatic hydroxyl groups is 1. The van der Waals surface area contributed by atoms with Crippen molar-refractivity contribution in [3.63, 3.8) is 0 Å². The van der Waals surface area contributed by atoms with E-state index >= 15 is 0 Å². The maximum Gasteiger partial charge on any atom is 0.500 e. The summed E-state index contributed by atoms with van der Waals surface area (Å²) in [4.78, 5) is 33.9. The fourth-order valence-corrected chi connectivity index (χ4v) is 9.76. The van der Waals surface area contributed by atoms with Gasteiger partial charge in [-0.05, 0) is 54.6 Å². The molecule has 17 heteroatoms. The number of hydrogen-bond donors (Lipinski definition) is 6. The standard InChI is InChI=1S/C39H50N6O9Si2/c1-49-55(50-2,51-3)25-9-23-40-38(47)42-29-17-13-27(14-18-29)35-36(45-37(44-35)33-21-22-34(46)32-12-8-7-11-31(32)33)28-15-19-30(20-16-28)43-39(48)41-24-10-26-56(52-4,53-5)54-6/h7-8,11-22,46H,9-10,23-26H2,1-6H3,(H,44,45)(H2,40,42,47)(H2,41,43,48). The van der Waals surface area contributed by atoms with Crippen LogP contribution in [0.3, 0.4) is 0 Å². The first kappa shape index (κ1) is 42.0. The minimum Gasteiger partial charge on any atom is -0.507 e. The molecule has 56 heavy (non-hydrogen) atoms. The van der Waals surface area contributed by atoms with Crippen LogP contribution in [0.2, 0.25) is 12.1 Å². The number of hydrogen-bond acceptors (Lipinski definition) is 10. The molecule has 0 radical (unpaired) electrons. The highest BCUT2D eigenvalue weighted by Crippen LogP contribution is 2.38. The summed E-state index contributed by atoms with van der Waals surface area (Å²) < 4.78 is 32.7. The maximum absolute atomic E-state index is 12.7. The molecule has 15 nitrogen and oxygen atoms in total. The van der Waals surface area contributed by atoms with Gasteiger partial charge in [0.25, 0.3) is 0 Å². The number of aromatic nitrogens is 2. The van der Waals surface area contributed by atoms with Crippen molar-refractivity contribution in [3.05, 3.63) is 84.9 Å². The van der Waals surface area contributed by atoms with Gasteiger partial charge in [0.1, 0.15) is 11.6 Å². The number of carbonyl (C=O) groups excluding carboxylic acids is 2. The SMILES string of the molecule is CO[Si](CCCNC(=O)Nc1ccc(-c2nc(-c3ccc(O)c4ccccc34)[nH]c2-c2ccc(NC(=O)NCCC[Si](OC)(OC)OC)cc2)cc1)(OC)OC. The van der Waals surface area contributed by atoms with E-state index in [4.69, 9.17) is 31.5 Å². The van der Waals surface area contributed by atoms with Crippen LogP contribution in [-0.4, -0.2) is 100 Å². The second-order valence-electron chi connectivity index (χ2n) is 12.7. The number of phenolic OH excluding ortho intramolecular Hbond substituents is 1. The summed E-state index contributed by atoms with van der Waals surface area (Å²) >= 11 is 0. The number of phenols is 1. The highest BCUT2D eigenvalue weighted by Gasteiger charge is 2.37. The molecule has 1 aromatic heterocycles. The number of nitrogens with zero attached hydrogens (tertiary/aromatic N) is 1. The molecule has 5 aromatic rings. The minimum atomic E-state index is -2.71. The molecule has 0 atom stereocenters. The summed E-state index contributed by atoms with van der Waals surface area (Å²) in [7, 11) is 3.95. The monoisotopic (exact) mass is 802 g/mol. The molecule has 6 N–H and O–H groups in total. The number of urea groups is 2. The Morgan fingerprint density at radius 3 is 1.57 bits per heavy atom. The van der Waals surface area contributed by atoms with Crippen LogP contribution in [0.15, 0.2) is 84.9 Å². The molecule has 298 valence electrons. The predicted molar refractivity (Wildman–Crippen MR) is 221 cm³/mol. The fraction of sp³-hybridized carbons (Fsp3) is 0.308. The average Bonchev–Trinajstić information content (AvgIpc) is 3.67. The number of carbonyl (C=O) groups is 2. The number of benzene rings is 4. The zero-order chi connectivity index (χ0) is 40.1. The Hall–Kier alpha value is -5.12. The van der Waals surface area contributed by atoms with Crippen LogP contribution >= 0.6 is 0 Å². The lowest BCUT2D eigenvalue weighted by atomic mass is 10.0. The van der Waals surface area contributed by atoms with Gasteiger partial charge in [-0.25, -0.2) is 14.6 Å². The van der Waals surface area contributed by atoms with E-state index in [1.54, 1.807) is 48.7 Å². The van der Waals surface area contributed by atoms with E-state index in [2.05, 4.69) is 26.3 Å². The third kappa shape index (κ3) is 10.2. The molecule has 0 saturated heterocycles. The molecular weight excluding hydrogens is 753 g/mol. The van der Waals surface area contributed by atoms with Crippen LogP contribution in [0.5, 0.6) is 5.75 Å². The molecule has 0 saturated carbocycles. The van der Waals surface area contributed by atoms with Gasteiger partial charge in [0.2, 0.25) is 0 Å². The minimum absolute atomic E-state index is 0.181. The second kappa shape index (κ2) is 19.7. The van der Waals surface area contributed by atoms with Crippen molar-refractivity contribution in [2.75, 3.05) is 66.4 Å². The molecule has 0 fully saturated rings. The summed E-state index contributed by atoms with van der Waals surface area (Å²) in [6, 6.07) is 26.4. The van der Waals surface area contributed by atoms with Crippen LogP contribution < -0.4 is 21.3 Å². The lowest BCUT2D eigenvalue weighted by Gasteiger charge is -2.24. The topological polar surface area (TPSA) is 187 Å². The number of fused-ring (bicyclic) bond motifs is 1. The number of imidazole rings is 1. The van der Waals surface area contributed by atoms with E-state index in [0.29, 0.717) is 66.3 Å². The van der Waals surface area contributed by atoms with Crippen LogP contribution in [0.4, 0.5) is 21.0 Å². The van der Waals surface area contributed by atoms with E-state index in [1.807, 2.05) is 78.9 Å². The van der Waals surface area contributed by atoms with E-state index < -0.39 is 17.6 Å². The highest BCUT2D eigenvalue weighted by molar-refractivity contribution is 6.60. The third-order valence-electron chi connectivity index (χ3n) is 9.46. The molecule has 0 aliphatic heterocycles. The van der Waals surface area contributed by atoms with Gasteiger partial charge in [-0.15, -0.1) is 0 Å². The van der Waals surface area contributed by atoms with Gasteiger partial charge in [-0.3, -0.25) is 0 Å². The molecule has 0 unspecified atom stereocenters. The molecule has 4 amide bonds. The number of anilines is 2. The Kier molecular flexibility index (Phi) is 14.8. The zero-order valence-corrected chi connectivity index (χ0v) is 34.5. The van der Waals surface area contributed by atoms with Crippen LogP contribution in [-0.2, 0) is 26.6 Å². The summed E-state index contributed by atoms with van der Waals surface area (Å²) in [5, 5.41) is 23.6. The van der Waals surface area contributed by atoms with Gasteiger partial charge < -0.3 is 57.9 Å². The normalized spacial score (nSPS) is 11.8. The van der Waals surface area contributed by atoms with Crippen molar-refractivity contribution in [1.82, 2.24) is 20.6 Å². The van der Waals surface area contributed by atoms with E-state index in [-0.39, 0.29) is 17.8 Å². The number of nitrogens with one attached hydrogen (secondary N) is 5. The van der Waals surface area contributed by atoms with Crippen molar-refractivity contribution in [2.45, 2.75) is 24.9 Å². The van der Waals surface area contributed by atoms with Crippen LogP contribution in [0, 0.1) is 0 Å². The van der Waals surface area contributed by atoms with Crippen molar-refractivity contribution < 1.29 is 41.3 Å². The Bertz CT molecular complexity index is 1940. The molecular formula is C39H50N6O9Si2. The highest BCUT2D eigenvalue weighted by atomic mass is 28.4. The summed E-state index contributed by atoms with van der Waals surface area (Å²) in [5.74, 6) is 0.791. The first-order chi connectivity index (χ1) is 27.1. The summed E-state index contributed by atoms with van der Waals surface area (Å²) in [5.41, 5.74) is 5.09. The zero-order valence-electron chi connectivity index (χ0n) is 32.5. The number of aromatic amines is 1. The van der Waals surface area contributed by atoms with E-state index in [1.165, 1.54) is 0 Å². The first-order valence-electron chi connectivity index (χ1n) is 18.0. The lowest BCUT2D eigenvalue weighted by molar-refractivity contribution is 0.122. The predicted octanol–water partition coefficient (Wildman–Crippen LogP) is 7.05. The Morgan fingerprint density at radius 2 is 1.09 bits per heavy atom. The third-order valence-corrected chi connectivity index (χ3v) is 15.1. The smallest absolute Gasteiger partial charge is 0.500 e. The first-order valence-corrected chi connectivity index (χ1v) is 21.9. The average molecular weight is 803 g/mol. The number of rotatable bonds is 19. The molecule has 0 aliphatic carbocycles. The molecule has 0 spiro atoms. The van der Waals surface area contributed by atoms with Crippen LogP contribution in [0.25, 0.3) is 44.7 Å². The Balaban J connectivity index is 1.32. The molecule has 1 heterocycles. The largest absolute Gasteiger partial charge is 0.507 e. The lowest BCUT2D eigenvalue weighted by Crippen LogP contribution is -2.43. The molecule has 5 rings (SSSR count). The van der Waals surface area contributed by atoms with Gasteiger partial charge in [-0.1, -0.05) is 48.5 Å². The molecule has 4 aromatic carbocycles. The van der Waals surface area contributed by atoms with Gasteiger partial charge in [0.05, 0.1) is 11.4 Å². The molecule has 0 aliphatic rings. The maximum atomic E-state index is 12.7. The van der Waals surface area contributed by atoms with Crippen molar-refractivity contribution in [3.8, 4) is 39.7 Å². The van der Waals surface area contributed by atoms with E-state index in [9.17, 15) is 14.7 Å². The van der Waals surface area contributed by atoms with Gasteiger partial charge in [-0.2, -0.15) is 0 Å². The number of amides is 4. The fourth-order valence-electron chi connectivity index (χ4n) is 6.32. The van der Waals surface area contributed by atoms with Crippen molar-refractivity contribution >= 4 is 51.8 Å². The summed E-state index contributed by atoms with van der Waals surface area (Å²) in [6.45, 7) is 0.833. The van der Waals surface area contributed by atoms with Crippen LogP contribution in [0.1, 0.15) is 12.8 Å². The van der Waals surface area contributed by atoms with Crippen molar-refractivity contribution in [2.24, 2.45) is 0 Å². The second-order valence-corrected chi connectivity index (χ2v) is 18.9. The number of H-pyrrole nitrogens is 1.